The van der Waals surface area contributed by atoms with E-state index in [1.54, 1.807) is 55.6 Å². The molecule has 2 aliphatic rings. The molecule has 0 saturated carbocycles. The van der Waals surface area contributed by atoms with Gasteiger partial charge in [0.15, 0.2) is 17.6 Å². The number of aliphatic hydroxyl groups is 1. The number of rotatable bonds is 2. The van der Waals surface area contributed by atoms with Crippen LogP contribution >= 0.6 is 22.1 Å². The lowest BCUT2D eigenvalue weighted by atomic mass is 9.81. The molecule has 45 heavy (non-hydrogen) atoms. The van der Waals surface area contributed by atoms with E-state index in [9.17, 15) is 28.5 Å². The van der Waals surface area contributed by atoms with Crippen LogP contribution in [0.3, 0.4) is 0 Å². The average molecular weight is 667 g/mol. The van der Waals surface area contributed by atoms with Crippen LogP contribution in [0.5, 0.6) is 0 Å². The number of para-hydroxylation sites is 2. The summed E-state index contributed by atoms with van der Waals surface area (Å²) in [5.74, 6) is -1.89. The lowest BCUT2D eigenvalue weighted by Crippen LogP contribution is -2.55. The molecule has 1 unspecified atom stereocenters. The van der Waals surface area contributed by atoms with E-state index in [1.807, 2.05) is 0 Å². The fourth-order valence-electron chi connectivity index (χ4n) is 4.96. The number of allylic oxidation sites excluding steroid dienone is 3. The Kier molecular flexibility index (Phi) is 9.58. The number of thiazole rings is 1. The van der Waals surface area contributed by atoms with Crippen LogP contribution in [0.25, 0.3) is 17.1 Å². The maximum Gasteiger partial charge on any atom is 0.359 e. The van der Waals surface area contributed by atoms with Crippen molar-refractivity contribution in [3.05, 3.63) is 82.1 Å². The van der Waals surface area contributed by atoms with Crippen molar-refractivity contribution in [1.82, 2.24) is 20.3 Å². The standard InChI is InChI=1S/C31H30N4O7S3/c1-18-12-13-31(30(3,40)29(39)44-45(31)41)15-26(37)33-19(2)27-34-20(17-43-27)8-4-7-11-24(36)25(14-18)42-28(38)23-16-32-21-9-5-6-10-22(21)35-23/h4-11,14,16-17,19,25,40H,12-13,15H2,1-3H3,(H,33,37)/b8-4-,11-7+,18-14+/t19-,25-,30+,31-,45?/m1/s1. The van der Waals surface area contributed by atoms with Crippen molar-refractivity contribution in [2.75, 3.05) is 0 Å². The third kappa shape index (κ3) is 6.88. The Balaban J connectivity index is 1.49. The highest BCUT2D eigenvalue weighted by molar-refractivity contribution is 8.76. The zero-order valence-electron chi connectivity index (χ0n) is 24.6. The van der Waals surface area contributed by atoms with E-state index in [-0.39, 0.29) is 25.0 Å². The first-order chi connectivity index (χ1) is 21.4. The largest absolute Gasteiger partial charge is 0.445 e. The van der Waals surface area contributed by atoms with Gasteiger partial charge >= 0.3 is 5.97 Å². The molecule has 5 rings (SSSR count). The SMILES string of the molecule is C/C1=C\[C@@H](OC(=O)c2cnc3ccccc3n2)C(=O)/C=C/C=C\c2csc(n2)[C@@H](C)NC(=O)C[C@@]2(CC1)S(=O)SC(=O)[C@]2(C)O. The maximum absolute atomic E-state index is 13.4. The fourth-order valence-corrected chi connectivity index (χ4v) is 9.70. The van der Waals surface area contributed by atoms with Gasteiger partial charge in [0.2, 0.25) is 11.0 Å². The van der Waals surface area contributed by atoms with Crippen LogP contribution in [0.1, 0.15) is 67.3 Å². The summed E-state index contributed by atoms with van der Waals surface area (Å²) in [4.78, 5) is 65.5. The lowest BCUT2D eigenvalue weighted by molar-refractivity contribution is -0.132. The summed E-state index contributed by atoms with van der Waals surface area (Å²) >= 11 is 1.32. The minimum absolute atomic E-state index is 0.0273. The molecule has 234 valence electrons. The van der Waals surface area contributed by atoms with E-state index in [0.717, 1.165) is 0 Å². The summed E-state index contributed by atoms with van der Waals surface area (Å²) in [5.41, 5.74) is 0.0759. The number of ketones is 1. The number of ether oxygens (including phenoxy) is 1. The van der Waals surface area contributed by atoms with Crippen molar-refractivity contribution in [2.24, 2.45) is 0 Å². The van der Waals surface area contributed by atoms with Crippen molar-refractivity contribution in [1.29, 1.82) is 0 Å². The summed E-state index contributed by atoms with van der Waals surface area (Å²) in [6.07, 6.45) is 7.19. The van der Waals surface area contributed by atoms with Gasteiger partial charge in [0, 0.05) is 22.6 Å². The van der Waals surface area contributed by atoms with E-state index >= 15 is 0 Å². The third-order valence-corrected chi connectivity index (χ3v) is 12.7. The molecular formula is C31H30N4O7S3. The predicted octanol–water partition coefficient (Wildman–Crippen LogP) is 4.18. The molecule has 4 heterocycles. The molecule has 3 aromatic rings. The van der Waals surface area contributed by atoms with Crippen LogP contribution < -0.4 is 5.32 Å². The van der Waals surface area contributed by atoms with Crippen molar-refractivity contribution >= 4 is 71.8 Å². The minimum atomic E-state index is -2.07. The van der Waals surface area contributed by atoms with Crippen molar-refractivity contribution in [2.45, 2.75) is 62.5 Å². The molecule has 5 atom stereocenters. The fraction of sp³-hybridized carbons (Fsp3) is 0.323. The second-order valence-electron chi connectivity index (χ2n) is 11.0. The zero-order chi connectivity index (χ0) is 32.4. The Morgan fingerprint density at radius 2 is 1.87 bits per heavy atom. The molecule has 1 spiro atoms. The molecular weight excluding hydrogens is 637 g/mol. The first kappa shape index (κ1) is 32.5. The van der Waals surface area contributed by atoms with Gasteiger partial charge in [-0.05, 0) is 64.0 Å². The number of hydrogen-bond acceptors (Lipinski definition) is 12. The zero-order valence-corrected chi connectivity index (χ0v) is 27.0. The summed E-state index contributed by atoms with van der Waals surface area (Å²) in [7, 11) is -1.44. The number of aromatic nitrogens is 3. The predicted molar refractivity (Wildman–Crippen MR) is 172 cm³/mol. The van der Waals surface area contributed by atoms with Crippen LogP contribution in [0.4, 0.5) is 0 Å². The smallest absolute Gasteiger partial charge is 0.359 e. The lowest BCUT2D eigenvalue weighted by Gasteiger charge is -2.36. The maximum atomic E-state index is 13.4. The van der Waals surface area contributed by atoms with Crippen LogP contribution in [-0.4, -0.2) is 63.5 Å². The number of benzene rings is 1. The average Bonchev–Trinajstić information content (AvgIpc) is 3.54. The number of fused-ring (bicyclic) bond motifs is 3. The van der Waals surface area contributed by atoms with Gasteiger partial charge in [0.1, 0.15) is 15.4 Å². The molecule has 0 aliphatic carbocycles. The van der Waals surface area contributed by atoms with E-state index < -0.39 is 55.1 Å². The van der Waals surface area contributed by atoms with E-state index in [2.05, 4.69) is 20.3 Å². The van der Waals surface area contributed by atoms with Gasteiger partial charge in [-0.1, -0.05) is 29.9 Å². The summed E-state index contributed by atoms with van der Waals surface area (Å²) < 4.78 is 17.4. The molecule has 2 aromatic heterocycles. The quantitative estimate of drug-likeness (QED) is 0.229. The second kappa shape index (κ2) is 13.3. The molecule has 1 aromatic carbocycles. The van der Waals surface area contributed by atoms with Crippen molar-refractivity contribution in [3.8, 4) is 0 Å². The highest BCUT2D eigenvalue weighted by Crippen LogP contribution is 2.50. The number of nitrogens with zero attached hydrogens (tertiary/aromatic N) is 3. The molecule has 11 nitrogen and oxygen atoms in total. The Hall–Kier alpha value is -3.85. The molecule has 0 radical (unpaired) electrons. The van der Waals surface area contributed by atoms with Gasteiger partial charge < -0.3 is 15.2 Å². The Morgan fingerprint density at radius 3 is 2.60 bits per heavy atom. The summed E-state index contributed by atoms with van der Waals surface area (Å²) in [6, 6.07) is 6.53. The molecule has 1 saturated heterocycles. The van der Waals surface area contributed by atoms with Gasteiger partial charge in [-0.2, -0.15) is 0 Å². The molecule has 1 fully saturated rings. The Labute approximate surface area is 269 Å². The Bertz CT molecular complexity index is 1800. The highest BCUT2D eigenvalue weighted by atomic mass is 33.1. The molecule has 2 bridgehead atoms. The number of carbonyl (C=O) groups is 4. The number of carbonyl (C=O) groups excluding carboxylic acids is 4. The van der Waals surface area contributed by atoms with Crippen LogP contribution in [-0.2, 0) is 29.0 Å². The third-order valence-electron chi connectivity index (χ3n) is 7.66. The number of amides is 1. The number of esters is 1. The molecule has 14 heteroatoms. The topological polar surface area (TPSA) is 166 Å². The monoisotopic (exact) mass is 666 g/mol. The van der Waals surface area contributed by atoms with Crippen LogP contribution in [0, 0.1) is 0 Å². The Morgan fingerprint density at radius 1 is 1.13 bits per heavy atom. The summed E-state index contributed by atoms with van der Waals surface area (Å²) in [5, 5.41) is 15.9. The first-order valence-electron chi connectivity index (χ1n) is 14.0. The summed E-state index contributed by atoms with van der Waals surface area (Å²) in [6.45, 7) is 4.72. The van der Waals surface area contributed by atoms with Crippen molar-refractivity contribution < 1.29 is 33.2 Å². The van der Waals surface area contributed by atoms with Gasteiger partial charge in [-0.25, -0.2) is 19.0 Å². The van der Waals surface area contributed by atoms with E-state index in [0.29, 0.717) is 38.1 Å². The van der Waals surface area contributed by atoms with Crippen molar-refractivity contribution in [3.63, 3.8) is 0 Å². The normalized spacial score (nSPS) is 30.6. The van der Waals surface area contributed by atoms with Gasteiger partial charge in [-0.3, -0.25) is 19.4 Å². The van der Waals surface area contributed by atoms with Crippen LogP contribution in [0.2, 0.25) is 0 Å². The van der Waals surface area contributed by atoms with Gasteiger partial charge in [0.05, 0.1) is 38.8 Å². The number of hydrogen-bond donors (Lipinski definition) is 2. The van der Waals surface area contributed by atoms with Crippen LogP contribution in [0.15, 0.2) is 65.7 Å². The molecule has 1 amide bonds. The van der Waals surface area contributed by atoms with E-state index in [4.69, 9.17) is 4.74 Å². The highest BCUT2D eigenvalue weighted by Gasteiger charge is 2.63. The second-order valence-corrected chi connectivity index (χ2v) is 15.0. The first-order valence-corrected chi connectivity index (χ1v) is 17.4. The van der Waals surface area contributed by atoms with E-state index in [1.165, 1.54) is 42.7 Å². The van der Waals surface area contributed by atoms with Gasteiger partial charge in [-0.15, -0.1) is 11.3 Å². The molecule has 2 N–H and O–H groups in total. The minimum Gasteiger partial charge on any atom is -0.445 e. The van der Waals surface area contributed by atoms with Gasteiger partial charge in [0.25, 0.3) is 0 Å². The molecule has 2 aliphatic heterocycles. The number of nitrogens with one attached hydrogen (secondary N) is 1.